The summed E-state index contributed by atoms with van der Waals surface area (Å²) in [5.41, 5.74) is 1.61. The van der Waals surface area contributed by atoms with Crippen molar-refractivity contribution in [3.8, 4) is 0 Å². The SMILES string of the molecule is CCCCCCCC12CCC([C@H]3CC[C@H](CCC)CC3)(CC1)CC2. The van der Waals surface area contributed by atoms with E-state index in [-0.39, 0.29) is 0 Å². The number of unbranched alkanes of at least 4 members (excludes halogenated alkanes) is 4. The van der Waals surface area contributed by atoms with Gasteiger partial charge in [0.2, 0.25) is 0 Å². The van der Waals surface area contributed by atoms with Crippen molar-refractivity contribution in [3.05, 3.63) is 0 Å². The molecule has 0 N–H and O–H groups in total. The van der Waals surface area contributed by atoms with Crippen LogP contribution in [0.25, 0.3) is 0 Å². The zero-order valence-corrected chi connectivity index (χ0v) is 16.9. The summed E-state index contributed by atoms with van der Waals surface area (Å²) in [6.07, 6.45) is 27.7. The summed E-state index contributed by atoms with van der Waals surface area (Å²) in [6, 6.07) is 0. The highest BCUT2D eigenvalue weighted by molar-refractivity contribution is 5.02. The van der Waals surface area contributed by atoms with Crippen molar-refractivity contribution in [1.29, 1.82) is 0 Å². The van der Waals surface area contributed by atoms with E-state index in [0.717, 1.165) is 22.7 Å². The summed E-state index contributed by atoms with van der Waals surface area (Å²) in [7, 11) is 0. The Morgan fingerprint density at radius 1 is 0.667 bits per heavy atom. The second-order valence-electron chi connectivity index (χ2n) is 10.0. The summed E-state index contributed by atoms with van der Waals surface area (Å²) in [4.78, 5) is 0. The average molecular weight is 333 g/mol. The number of hydrogen-bond donors (Lipinski definition) is 0. The smallest absolute Gasteiger partial charge is 0.0269 e. The molecule has 4 fully saturated rings. The summed E-state index contributed by atoms with van der Waals surface area (Å²) in [6.45, 7) is 4.70. The van der Waals surface area contributed by atoms with E-state index in [4.69, 9.17) is 0 Å². The minimum Gasteiger partial charge on any atom is -0.0654 e. The van der Waals surface area contributed by atoms with Gasteiger partial charge < -0.3 is 0 Å². The van der Waals surface area contributed by atoms with E-state index in [1.54, 1.807) is 70.6 Å². The molecular formula is C24H44. The van der Waals surface area contributed by atoms with Gasteiger partial charge in [0.05, 0.1) is 0 Å². The van der Waals surface area contributed by atoms with Crippen LogP contribution in [0.4, 0.5) is 0 Å². The van der Waals surface area contributed by atoms with Crippen molar-refractivity contribution in [1.82, 2.24) is 0 Å². The van der Waals surface area contributed by atoms with E-state index in [9.17, 15) is 0 Å². The van der Waals surface area contributed by atoms with Crippen LogP contribution in [0.15, 0.2) is 0 Å². The third-order valence-corrected chi connectivity index (χ3v) is 8.68. The topological polar surface area (TPSA) is 0 Å². The van der Waals surface area contributed by atoms with E-state index in [2.05, 4.69) is 13.8 Å². The highest BCUT2D eigenvalue weighted by Crippen LogP contribution is 2.63. The number of rotatable bonds is 9. The van der Waals surface area contributed by atoms with Crippen LogP contribution in [0.5, 0.6) is 0 Å². The molecule has 0 nitrogen and oxygen atoms in total. The highest BCUT2D eigenvalue weighted by atomic mass is 14.6. The predicted octanol–water partition coefficient (Wildman–Crippen LogP) is 8.29. The van der Waals surface area contributed by atoms with Gasteiger partial charge in [-0.3, -0.25) is 0 Å². The molecule has 4 aliphatic carbocycles. The van der Waals surface area contributed by atoms with E-state index in [1.807, 2.05) is 0 Å². The molecule has 0 unspecified atom stereocenters. The van der Waals surface area contributed by atoms with Crippen LogP contribution in [0, 0.1) is 22.7 Å². The van der Waals surface area contributed by atoms with E-state index < -0.39 is 0 Å². The van der Waals surface area contributed by atoms with Crippen molar-refractivity contribution >= 4 is 0 Å². The molecule has 0 radical (unpaired) electrons. The first kappa shape index (κ1) is 18.8. The molecule has 0 aromatic rings. The van der Waals surface area contributed by atoms with Gasteiger partial charge in [-0.1, -0.05) is 71.6 Å². The average Bonchev–Trinajstić information content (AvgIpc) is 2.64. The fourth-order valence-corrected chi connectivity index (χ4v) is 6.86. The summed E-state index contributed by atoms with van der Waals surface area (Å²) < 4.78 is 0. The molecule has 0 spiro atoms. The molecule has 2 bridgehead atoms. The Balaban J connectivity index is 1.44. The lowest BCUT2D eigenvalue weighted by Crippen LogP contribution is -2.46. The molecule has 0 heteroatoms. The number of fused-ring (bicyclic) bond motifs is 3. The van der Waals surface area contributed by atoms with Gasteiger partial charge in [0.25, 0.3) is 0 Å². The Morgan fingerprint density at radius 2 is 1.29 bits per heavy atom. The predicted molar refractivity (Wildman–Crippen MR) is 106 cm³/mol. The Hall–Kier alpha value is 0. The molecule has 0 atom stereocenters. The number of hydrogen-bond acceptors (Lipinski definition) is 0. The van der Waals surface area contributed by atoms with Crippen molar-refractivity contribution in [2.45, 2.75) is 129 Å². The highest BCUT2D eigenvalue weighted by Gasteiger charge is 2.51. The zero-order valence-electron chi connectivity index (χ0n) is 16.9. The molecule has 0 aromatic heterocycles. The van der Waals surface area contributed by atoms with E-state index >= 15 is 0 Å². The lowest BCUT2D eigenvalue weighted by Gasteiger charge is -2.58. The Morgan fingerprint density at radius 3 is 1.88 bits per heavy atom. The Labute approximate surface area is 152 Å². The fourth-order valence-electron chi connectivity index (χ4n) is 6.86. The summed E-state index contributed by atoms with van der Waals surface area (Å²) in [5.74, 6) is 2.19. The van der Waals surface area contributed by atoms with Gasteiger partial charge in [-0.2, -0.15) is 0 Å². The van der Waals surface area contributed by atoms with Crippen LogP contribution in [0.1, 0.15) is 129 Å². The molecule has 140 valence electrons. The van der Waals surface area contributed by atoms with Gasteiger partial charge in [0.1, 0.15) is 0 Å². The monoisotopic (exact) mass is 332 g/mol. The molecule has 0 aliphatic heterocycles. The lowest BCUT2D eigenvalue weighted by atomic mass is 9.47. The third kappa shape index (κ3) is 4.21. The first-order valence-electron chi connectivity index (χ1n) is 11.7. The largest absolute Gasteiger partial charge is 0.0654 e. The zero-order chi connectivity index (χ0) is 16.9. The van der Waals surface area contributed by atoms with E-state index in [1.165, 1.54) is 44.9 Å². The maximum absolute atomic E-state index is 2.37. The van der Waals surface area contributed by atoms with Crippen LogP contribution in [0.3, 0.4) is 0 Å². The normalized spacial score (nSPS) is 39.2. The minimum absolute atomic E-state index is 0.799. The molecule has 4 saturated carbocycles. The molecule has 0 aromatic carbocycles. The molecular weight excluding hydrogens is 288 g/mol. The molecule has 4 rings (SSSR count). The van der Waals surface area contributed by atoms with E-state index in [0.29, 0.717) is 0 Å². The van der Waals surface area contributed by atoms with Crippen molar-refractivity contribution in [2.24, 2.45) is 22.7 Å². The summed E-state index contributed by atoms with van der Waals surface area (Å²) in [5, 5.41) is 0. The quantitative estimate of drug-likeness (QED) is 0.372. The Kier molecular flexibility index (Phi) is 6.72. The molecule has 0 amide bonds. The second kappa shape index (κ2) is 8.59. The standard InChI is InChI=1S/C24H44/c1-3-5-6-7-8-14-23-15-18-24(19-16-23,20-17-23)22-12-10-21(9-4-2)11-13-22/h21-22H,3-20H2,1-2H3/t21-,22-,23?,24?. The van der Waals surface area contributed by atoms with Crippen molar-refractivity contribution < 1.29 is 0 Å². The van der Waals surface area contributed by atoms with Gasteiger partial charge in [0.15, 0.2) is 0 Å². The maximum atomic E-state index is 2.37. The van der Waals surface area contributed by atoms with Gasteiger partial charge in [-0.25, -0.2) is 0 Å². The van der Waals surface area contributed by atoms with Crippen LogP contribution in [-0.4, -0.2) is 0 Å². The second-order valence-corrected chi connectivity index (χ2v) is 10.0. The van der Waals surface area contributed by atoms with Crippen LogP contribution < -0.4 is 0 Å². The molecule has 24 heavy (non-hydrogen) atoms. The molecule has 4 aliphatic rings. The maximum Gasteiger partial charge on any atom is -0.0269 e. The van der Waals surface area contributed by atoms with Crippen LogP contribution >= 0.6 is 0 Å². The third-order valence-electron chi connectivity index (χ3n) is 8.68. The van der Waals surface area contributed by atoms with Gasteiger partial charge >= 0.3 is 0 Å². The minimum atomic E-state index is 0.799. The van der Waals surface area contributed by atoms with Gasteiger partial charge in [-0.15, -0.1) is 0 Å². The van der Waals surface area contributed by atoms with Gasteiger partial charge in [0, 0.05) is 0 Å². The van der Waals surface area contributed by atoms with Gasteiger partial charge in [-0.05, 0) is 80.5 Å². The van der Waals surface area contributed by atoms with Crippen molar-refractivity contribution in [3.63, 3.8) is 0 Å². The first-order chi connectivity index (χ1) is 11.7. The van der Waals surface area contributed by atoms with Crippen LogP contribution in [0.2, 0.25) is 0 Å². The summed E-state index contributed by atoms with van der Waals surface area (Å²) >= 11 is 0. The lowest BCUT2D eigenvalue weighted by molar-refractivity contribution is -0.0654. The first-order valence-corrected chi connectivity index (χ1v) is 11.7. The molecule has 0 saturated heterocycles. The molecule has 0 heterocycles. The fraction of sp³-hybridized carbons (Fsp3) is 1.00. The Bertz CT molecular complexity index is 336. The van der Waals surface area contributed by atoms with Crippen molar-refractivity contribution in [2.75, 3.05) is 0 Å². The van der Waals surface area contributed by atoms with Crippen LogP contribution in [-0.2, 0) is 0 Å².